The third-order valence-corrected chi connectivity index (χ3v) is 3.72. The van der Waals surface area contributed by atoms with Crippen molar-refractivity contribution in [3.05, 3.63) is 29.3 Å². The van der Waals surface area contributed by atoms with Crippen LogP contribution in [-0.4, -0.2) is 26.4 Å². The lowest BCUT2D eigenvalue weighted by atomic mass is 10.1. The number of methoxy groups -OCH3 is 1. The van der Waals surface area contributed by atoms with Gasteiger partial charge in [0.15, 0.2) is 0 Å². The normalized spacial score (nSPS) is 19.2. The van der Waals surface area contributed by atoms with E-state index in [0.29, 0.717) is 12.6 Å². The molecule has 3 nitrogen and oxygen atoms in total. The zero-order chi connectivity index (χ0) is 13.7. The van der Waals surface area contributed by atoms with Gasteiger partial charge in [0.2, 0.25) is 0 Å². The summed E-state index contributed by atoms with van der Waals surface area (Å²) in [6, 6.07) is 7.00. The molecular weight excluding hydrogens is 238 g/mol. The fraction of sp³-hybridized carbons (Fsp3) is 0.625. The van der Waals surface area contributed by atoms with Gasteiger partial charge in [0.25, 0.3) is 0 Å². The van der Waals surface area contributed by atoms with Gasteiger partial charge in [-0.1, -0.05) is 13.0 Å². The standard InChI is InChI=1S/C16H25NO2/c1-4-9-17-16-8-5-13-10-14(6-7-15(13)16)19-11-12(2)18-3/h6-7,10,12,16-17H,4-5,8-9,11H2,1-3H3. The average Bonchev–Trinajstić information content (AvgIpc) is 2.84. The number of nitrogens with one attached hydrogen (secondary N) is 1. The second kappa shape index (κ2) is 6.92. The van der Waals surface area contributed by atoms with Crippen LogP contribution in [0.1, 0.15) is 43.9 Å². The highest BCUT2D eigenvalue weighted by molar-refractivity contribution is 5.40. The molecule has 2 unspecified atom stereocenters. The van der Waals surface area contributed by atoms with Gasteiger partial charge in [-0.05, 0) is 56.0 Å². The van der Waals surface area contributed by atoms with Crippen LogP contribution in [0.4, 0.5) is 0 Å². The first-order chi connectivity index (χ1) is 9.24. The van der Waals surface area contributed by atoms with E-state index in [1.165, 1.54) is 24.0 Å². The van der Waals surface area contributed by atoms with E-state index in [-0.39, 0.29) is 6.10 Å². The van der Waals surface area contributed by atoms with Crippen LogP contribution in [0.25, 0.3) is 0 Å². The fourth-order valence-electron chi connectivity index (χ4n) is 2.50. The quantitative estimate of drug-likeness (QED) is 0.820. The highest BCUT2D eigenvalue weighted by Crippen LogP contribution is 2.33. The minimum atomic E-state index is 0.132. The van der Waals surface area contributed by atoms with E-state index < -0.39 is 0 Å². The van der Waals surface area contributed by atoms with Gasteiger partial charge in [-0.25, -0.2) is 0 Å². The molecule has 1 aliphatic carbocycles. The van der Waals surface area contributed by atoms with Crippen molar-refractivity contribution < 1.29 is 9.47 Å². The second-order valence-corrected chi connectivity index (χ2v) is 5.26. The van der Waals surface area contributed by atoms with Crippen molar-refractivity contribution in [3.63, 3.8) is 0 Å². The lowest BCUT2D eigenvalue weighted by Gasteiger charge is -2.15. The van der Waals surface area contributed by atoms with Gasteiger partial charge in [0.1, 0.15) is 12.4 Å². The van der Waals surface area contributed by atoms with Gasteiger partial charge >= 0.3 is 0 Å². The Labute approximate surface area is 116 Å². The molecule has 0 heterocycles. The van der Waals surface area contributed by atoms with Crippen molar-refractivity contribution in [1.82, 2.24) is 5.32 Å². The molecule has 0 bridgehead atoms. The molecule has 0 saturated carbocycles. The lowest BCUT2D eigenvalue weighted by molar-refractivity contribution is 0.0716. The van der Waals surface area contributed by atoms with Crippen LogP contribution < -0.4 is 10.1 Å². The summed E-state index contributed by atoms with van der Waals surface area (Å²) in [5, 5.41) is 3.61. The number of ether oxygens (including phenoxy) is 2. The number of rotatable bonds is 7. The van der Waals surface area contributed by atoms with Crippen LogP contribution in [0.5, 0.6) is 5.75 Å². The molecule has 19 heavy (non-hydrogen) atoms. The smallest absolute Gasteiger partial charge is 0.119 e. The van der Waals surface area contributed by atoms with Crippen molar-refractivity contribution in [2.75, 3.05) is 20.3 Å². The minimum Gasteiger partial charge on any atom is -0.491 e. The Balaban J connectivity index is 1.97. The maximum Gasteiger partial charge on any atom is 0.119 e. The van der Waals surface area contributed by atoms with E-state index in [2.05, 4.69) is 30.4 Å². The molecule has 0 fully saturated rings. The van der Waals surface area contributed by atoms with Crippen molar-refractivity contribution in [2.45, 2.75) is 45.3 Å². The fourth-order valence-corrected chi connectivity index (χ4v) is 2.50. The summed E-state index contributed by atoms with van der Waals surface area (Å²) < 4.78 is 10.9. The van der Waals surface area contributed by atoms with Gasteiger partial charge in [-0.15, -0.1) is 0 Å². The van der Waals surface area contributed by atoms with Crippen LogP contribution in [0.3, 0.4) is 0 Å². The molecule has 2 atom stereocenters. The van der Waals surface area contributed by atoms with Crippen molar-refractivity contribution in [2.24, 2.45) is 0 Å². The van der Waals surface area contributed by atoms with Crippen LogP contribution >= 0.6 is 0 Å². The minimum absolute atomic E-state index is 0.132. The summed E-state index contributed by atoms with van der Waals surface area (Å²) in [6.45, 7) is 5.91. The first-order valence-corrected chi connectivity index (χ1v) is 7.26. The molecule has 1 aromatic carbocycles. The monoisotopic (exact) mass is 263 g/mol. The van der Waals surface area contributed by atoms with Crippen LogP contribution in [0.15, 0.2) is 18.2 Å². The average molecular weight is 263 g/mol. The van der Waals surface area contributed by atoms with Gasteiger partial charge in [0, 0.05) is 13.2 Å². The van der Waals surface area contributed by atoms with E-state index in [1.807, 2.05) is 6.92 Å². The maximum absolute atomic E-state index is 5.75. The SMILES string of the molecule is CCCNC1CCc2cc(OCC(C)OC)ccc21. The Hall–Kier alpha value is -1.06. The molecule has 1 N–H and O–H groups in total. The zero-order valence-corrected chi connectivity index (χ0v) is 12.2. The van der Waals surface area contributed by atoms with E-state index in [4.69, 9.17) is 9.47 Å². The number of hydrogen-bond acceptors (Lipinski definition) is 3. The summed E-state index contributed by atoms with van der Waals surface area (Å²) in [7, 11) is 1.71. The number of hydrogen-bond donors (Lipinski definition) is 1. The highest BCUT2D eigenvalue weighted by Gasteiger charge is 2.22. The molecule has 0 aromatic heterocycles. The molecule has 0 radical (unpaired) electrons. The van der Waals surface area contributed by atoms with E-state index in [0.717, 1.165) is 18.7 Å². The summed E-state index contributed by atoms with van der Waals surface area (Å²) in [5.41, 5.74) is 2.87. The first kappa shape index (κ1) is 14.4. The van der Waals surface area contributed by atoms with Crippen molar-refractivity contribution in [3.8, 4) is 5.75 Å². The Bertz CT molecular complexity index is 406. The number of aryl methyl sites for hydroxylation is 1. The Kier molecular flexibility index (Phi) is 5.23. The molecule has 0 saturated heterocycles. The van der Waals surface area contributed by atoms with E-state index >= 15 is 0 Å². The molecule has 0 amide bonds. The highest BCUT2D eigenvalue weighted by atomic mass is 16.5. The Morgan fingerprint density at radius 2 is 2.26 bits per heavy atom. The summed E-state index contributed by atoms with van der Waals surface area (Å²) in [4.78, 5) is 0. The topological polar surface area (TPSA) is 30.5 Å². The predicted molar refractivity (Wildman–Crippen MR) is 77.8 cm³/mol. The molecular formula is C16H25NO2. The van der Waals surface area contributed by atoms with Crippen molar-refractivity contribution in [1.29, 1.82) is 0 Å². The second-order valence-electron chi connectivity index (χ2n) is 5.26. The first-order valence-electron chi connectivity index (χ1n) is 7.26. The number of fused-ring (bicyclic) bond motifs is 1. The summed E-state index contributed by atoms with van der Waals surface area (Å²) in [6.07, 6.45) is 3.66. The Morgan fingerprint density at radius 1 is 1.42 bits per heavy atom. The van der Waals surface area contributed by atoms with Crippen molar-refractivity contribution >= 4 is 0 Å². The van der Waals surface area contributed by atoms with Gasteiger partial charge < -0.3 is 14.8 Å². The number of benzene rings is 1. The summed E-state index contributed by atoms with van der Waals surface area (Å²) in [5.74, 6) is 0.957. The molecule has 0 aliphatic heterocycles. The maximum atomic E-state index is 5.75. The molecule has 3 heteroatoms. The molecule has 1 aliphatic rings. The van der Waals surface area contributed by atoms with E-state index in [9.17, 15) is 0 Å². The lowest BCUT2D eigenvalue weighted by Crippen LogP contribution is -2.19. The van der Waals surface area contributed by atoms with Crippen LogP contribution in [0.2, 0.25) is 0 Å². The van der Waals surface area contributed by atoms with Crippen LogP contribution in [-0.2, 0) is 11.2 Å². The third-order valence-electron chi connectivity index (χ3n) is 3.72. The van der Waals surface area contributed by atoms with Gasteiger partial charge in [-0.2, -0.15) is 0 Å². The molecule has 1 aromatic rings. The summed E-state index contributed by atoms with van der Waals surface area (Å²) >= 11 is 0. The Morgan fingerprint density at radius 3 is 3.00 bits per heavy atom. The third kappa shape index (κ3) is 3.71. The largest absolute Gasteiger partial charge is 0.491 e. The van der Waals surface area contributed by atoms with Gasteiger partial charge in [0.05, 0.1) is 6.10 Å². The molecule has 0 spiro atoms. The van der Waals surface area contributed by atoms with Crippen LogP contribution in [0, 0.1) is 0 Å². The zero-order valence-electron chi connectivity index (χ0n) is 12.2. The predicted octanol–water partition coefficient (Wildman–Crippen LogP) is 3.09. The van der Waals surface area contributed by atoms with E-state index in [1.54, 1.807) is 7.11 Å². The van der Waals surface area contributed by atoms with Gasteiger partial charge in [-0.3, -0.25) is 0 Å². The molecule has 2 rings (SSSR count). The molecule has 106 valence electrons.